The maximum absolute atomic E-state index is 14.2. The highest BCUT2D eigenvalue weighted by molar-refractivity contribution is 6.33. The minimum atomic E-state index is -1.03. The molecule has 0 saturated carbocycles. The maximum atomic E-state index is 14.2. The smallest absolute Gasteiger partial charge is 0.226 e. The van der Waals surface area contributed by atoms with Crippen LogP contribution in [0.25, 0.3) is 11.1 Å². The number of halogens is 4. The summed E-state index contributed by atoms with van der Waals surface area (Å²) in [5.74, 6) is -3.23. The second kappa shape index (κ2) is 6.73. The lowest BCUT2D eigenvalue weighted by molar-refractivity contribution is 0.378. The Morgan fingerprint density at radius 2 is 1.81 bits per heavy atom. The first-order chi connectivity index (χ1) is 12.3. The molecule has 0 radical (unpaired) electrons. The van der Waals surface area contributed by atoms with Crippen molar-refractivity contribution in [2.45, 2.75) is 6.92 Å². The van der Waals surface area contributed by atoms with Crippen molar-refractivity contribution in [2.24, 2.45) is 7.05 Å². The number of aromatic nitrogens is 2. The Labute approximate surface area is 152 Å². The van der Waals surface area contributed by atoms with Crippen LogP contribution >= 0.6 is 11.6 Å². The van der Waals surface area contributed by atoms with Gasteiger partial charge in [-0.05, 0) is 37.3 Å². The Morgan fingerprint density at radius 1 is 1.15 bits per heavy atom. The first-order valence-corrected chi connectivity index (χ1v) is 7.75. The molecule has 1 heterocycles. The fourth-order valence-electron chi connectivity index (χ4n) is 2.57. The molecule has 0 fully saturated rings. The molecule has 4 nitrogen and oxygen atoms in total. The van der Waals surface area contributed by atoms with Crippen molar-refractivity contribution in [1.82, 2.24) is 9.78 Å². The van der Waals surface area contributed by atoms with Gasteiger partial charge in [0.2, 0.25) is 11.6 Å². The van der Waals surface area contributed by atoms with E-state index in [2.05, 4.69) is 5.10 Å². The van der Waals surface area contributed by atoms with Crippen LogP contribution in [0.1, 0.15) is 11.3 Å². The van der Waals surface area contributed by atoms with Crippen molar-refractivity contribution < 1.29 is 17.9 Å². The Balaban J connectivity index is 2.15. The van der Waals surface area contributed by atoms with E-state index in [1.165, 1.54) is 23.9 Å². The molecular formula is C18H11ClF3N3O. The minimum absolute atomic E-state index is 0.0264. The number of ether oxygens (including phenoxy) is 1. The summed E-state index contributed by atoms with van der Waals surface area (Å²) in [5.41, 5.74) is 1.09. The molecule has 0 aliphatic carbocycles. The summed E-state index contributed by atoms with van der Waals surface area (Å²) in [6, 6.07) is 7.15. The van der Waals surface area contributed by atoms with Crippen molar-refractivity contribution in [3.8, 4) is 28.8 Å². The van der Waals surface area contributed by atoms with Crippen molar-refractivity contribution in [1.29, 1.82) is 5.26 Å². The van der Waals surface area contributed by atoms with Gasteiger partial charge in [0.05, 0.1) is 27.9 Å². The highest BCUT2D eigenvalue weighted by Gasteiger charge is 2.23. The van der Waals surface area contributed by atoms with E-state index in [-0.39, 0.29) is 16.5 Å². The van der Waals surface area contributed by atoms with Crippen LogP contribution in [0.3, 0.4) is 0 Å². The summed E-state index contributed by atoms with van der Waals surface area (Å²) in [4.78, 5) is 0. The van der Waals surface area contributed by atoms with Crippen LogP contribution in [0, 0.1) is 35.7 Å². The van der Waals surface area contributed by atoms with Gasteiger partial charge in [0.25, 0.3) is 0 Å². The third-order valence-corrected chi connectivity index (χ3v) is 4.01. The van der Waals surface area contributed by atoms with Crippen LogP contribution in [0.5, 0.6) is 11.6 Å². The van der Waals surface area contributed by atoms with Crippen LogP contribution in [-0.2, 0) is 7.05 Å². The van der Waals surface area contributed by atoms with Crippen LogP contribution in [0.15, 0.2) is 30.3 Å². The first-order valence-electron chi connectivity index (χ1n) is 7.37. The van der Waals surface area contributed by atoms with E-state index in [1.807, 2.05) is 0 Å². The number of hydrogen-bond acceptors (Lipinski definition) is 3. The number of benzene rings is 2. The average molecular weight is 378 g/mol. The molecule has 26 heavy (non-hydrogen) atoms. The molecule has 0 amide bonds. The van der Waals surface area contributed by atoms with Crippen molar-refractivity contribution in [3.05, 3.63) is 64.1 Å². The molecular weight excluding hydrogens is 367 g/mol. The van der Waals surface area contributed by atoms with E-state index in [9.17, 15) is 13.2 Å². The number of hydrogen-bond donors (Lipinski definition) is 0. The van der Waals surface area contributed by atoms with Gasteiger partial charge in [0.15, 0.2) is 11.6 Å². The standard InChI is InChI=1S/C18H11ClF3N3O/c1-9-16(12-4-3-11(20)7-13(12)19)18(25(2)24-9)26-17-14(21)5-10(8-23)6-15(17)22/h3-7H,1-2H3. The van der Waals surface area contributed by atoms with E-state index in [0.29, 0.717) is 16.8 Å². The van der Waals surface area contributed by atoms with Crippen LogP contribution < -0.4 is 4.74 Å². The fraction of sp³-hybridized carbons (Fsp3) is 0.111. The SMILES string of the molecule is Cc1nn(C)c(Oc2c(F)cc(C#N)cc2F)c1-c1ccc(F)cc1Cl. The van der Waals surface area contributed by atoms with Crippen molar-refractivity contribution >= 4 is 11.6 Å². The molecule has 0 atom stereocenters. The van der Waals surface area contributed by atoms with Gasteiger partial charge in [-0.2, -0.15) is 10.4 Å². The van der Waals surface area contributed by atoms with Gasteiger partial charge < -0.3 is 4.74 Å². The van der Waals surface area contributed by atoms with Gasteiger partial charge in [0, 0.05) is 12.6 Å². The zero-order valence-corrected chi connectivity index (χ0v) is 14.4. The summed E-state index contributed by atoms with van der Waals surface area (Å²) < 4.78 is 48.4. The molecule has 0 aliphatic rings. The second-order valence-electron chi connectivity index (χ2n) is 5.50. The highest BCUT2D eigenvalue weighted by atomic mass is 35.5. The predicted octanol–water partition coefficient (Wildman–Crippen LogP) is 5.13. The third-order valence-electron chi connectivity index (χ3n) is 3.70. The summed E-state index contributed by atoms with van der Waals surface area (Å²) in [6.07, 6.45) is 0. The lowest BCUT2D eigenvalue weighted by Gasteiger charge is -2.12. The van der Waals surface area contributed by atoms with Crippen LogP contribution in [0.2, 0.25) is 5.02 Å². The van der Waals surface area contributed by atoms with Gasteiger partial charge in [-0.3, -0.25) is 0 Å². The predicted molar refractivity (Wildman–Crippen MR) is 89.5 cm³/mol. The molecule has 0 spiro atoms. The molecule has 0 saturated heterocycles. The van der Waals surface area contributed by atoms with Gasteiger partial charge >= 0.3 is 0 Å². The topological polar surface area (TPSA) is 50.8 Å². The minimum Gasteiger partial charge on any atom is -0.432 e. The second-order valence-corrected chi connectivity index (χ2v) is 5.90. The molecule has 0 N–H and O–H groups in total. The quantitative estimate of drug-likeness (QED) is 0.635. The average Bonchev–Trinajstić information content (AvgIpc) is 2.84. The first kappa shape index (κ1) is 17.8. The molecule has 132 valence electrons. The largest absolute Gasteiger partial charge is 0.432 e. The van der Waals surface area contributed by atoms with Gasteiger partial charge in [0.1, 0.15) is 5.82 Å². The highest BCUT2D eigenvalue weighted by Crippen LogP contribution is 2.40. The summed E-state index contributed by atoms with van der Waals surface area (Å²) >= 11 is 6.11. The summed E-state index contributed by atoms with van der Waals surface area (Å²) in [6.45, 7) is 1.66. The van der Waals surface area contributed by atoms with Gasteiger partial charge in [-0.1, -0.05) is 11.6 Å². The zero-order valence-electron chi connectivity index (χ0n) is 13.6. The molecule has 0 bridgehead atoms. The van der Waals surface area contributed by atoms with Crippen LogP contribution in [0.4, 0.5) is 13.2 Å². The normalized spacial score (nSPS) is 10.7. The Bertz CT molecular complexity index is 1030. The Kier molecular flexibility index (Phi) is 4.62. The van der Waals surface area contributed by atoms with E-state index in [0.717, 1.165) is 18.2 Å². The molecule has 0 aliphatic heterocycles. The zero-order chi connectivity index (χ0) is 19.0. The third kappa shape index (κ3) is 3.11. The fourth-order valence-corrected chi connectivity index (χ4v) is 2.84. The lowest BCUT2D eigenvalue weighted by Crippen LogP contribution is -2.00. The number of aryl methyl sites for hydroxylation is 2. The van der Waals surface area contributed by atoms with E-state index in [4.69, 9.17) is 21.6 Å². The molecule has 3 aromatic rings. The van der Waals surface area contributed by atoms with Crippen molar-refractivity contribution in [3.63, 3.8) is 0 Å². The molecule has 1 aromatic heterocycles. The van der Waals surface area contributed by atoms with Crippen molar-refractivity contribution in [2.75, 3.05) is 0 Å². The van der Waals surface area contributed by atoms with E-state index >= 15 is 0 Å². The number of rotatable bonds is 3. The Morgan fingerprint density at radius 3 is 2.38 bits per heavy atom. The summed E-state index contributed by atoms with van der Waals surface area (Å²) in [7, 11) is 1.53. The molecule has 8 heteroatoms. The van der Waals surface area contributed by atoms with Gasteiger partial charge in [-0.25, -0.2) is 17.9 Å². The van der Waals surface area contributed by atoms with E-state index in [1.54, 1.807) is 13.0 Å². The molecule has 0 unspecified atom stereocenters. The molecule has 3 rings (SSSR count). The van der Waals surface area contributed by atoms with Crippen LogP contribution in [-0.4, -0.2) is 9.78 Å². The van der Waals surface area contributed by atoms with E-state index < -0.39 is 23.2 Å². The molecule has 2 aromatic carbocycles. The monoisotopic (exact) mass is 377 g/mol. The number of nitrogens with zero attached hydrogens (tertiary/aromatic N) is 3. The van der Waals surface area contributed by atoms with Gasteiger partial charge in [-0.15, -0.1) is 0 Å². The maximum Gasteiger partial charge on any atom is 0.226 e. The Hall–Kier alpha value is -2.98. The summed E-state index contributed by atoms with van der Waals surface area (Å²) in [5, 5.41) is 13.1. The lowest BCUT2D eigenvalue weighted by atomic mass is 10.1. The number of nitriles is 1.